The van der Waals surface area contributed by atoms with Gasteiger partial charge in [0, 0.05) is 40.9 Å². The maximum absolute atomic E-state index is 12.9. The second-order valence-electron chi connectivity index (χ2n) is 7.82. The van der Waals surface area contributed by atoms with Gasteiger partial charge in [-0.25, -0.2) is 14.8 Å². The quantitative estimate of drug-likeness (QED) is 0.316. The zero-order chi connectivity index (χ0) is 25.7. The zero-order valence-electron chi connectivity index (χ0n) is 20.2. The van der Waals surface area contributed by atoms with Crippen molar-refractivity contribution in [2.45, 2.75) is 13.5 Å². The number of nitrogens with one attached hydrogen (secondary N) is 2. The third-order valence-corrected chi connectivity index (χ3v) is 5.52. The molecule has 1 amide bonds. The van der Waals surface area contributed by atoms with Gasteiger partial charge in [-0.3, -0.25) is 4.79 Å². The summed E-state index contributed by atoms with van der Waals surface area (Å²) in [5.41, 5.74) is 3.80. The van der Waals surface area contributed by atoms with Gasteiger partial charge in [0.15, 0.2) is 0 Å². The Kier molecular flexibility index (Phi) is 7.41. The number of nitrogens with zero attached hydrogens (tertiary/aromatic N) is 2. The molecular weight excluding hydrogens is 460 g/mol. The molecule has 9 heteroatoms. The largest absolute Gasteiger partial charge is 0.496 e. The Labute approximate surface area is 208 Å². The molecule has 9 nitrogen and oxygen atoms in total. The second-order valence-corrected chi connectivity index (χ2v) is 7.82. The fourth-order valence-corrected chi connectivity index (χ4v) is 3.80. The maximum atomic E-state index is 12.9. The van der Waals surface area contributed by atoms with E-state index < -0.39 is 5.97 Å². The third kappa shape index (κ3) is 5.11. The van der Waals surface area contributed by atoms with Gasteiger partial charge in [0.1, 0.15) is 5.75 Å². The number of carbonyl (C=O) groups excluding carboxylic acids is 2. The molecule has 0 saturated heterocycles. The van der Waals surface area contributed by atoms with Gasteiger partial charge in [0.05, 0.1) is 37.1 Å². The molecule has 0 bridgehead atoms. The normalized spacial score (nSPS) is 10.7. The van der Waals surface area contributed by atoms with Crippen molar-refractivity contribution in [3.8, 4) is 17.0 Å². The summed E-state index contributed by atoms with van der Waals surface area (Å²) >= 11 is 0. The molecule has 0 fully saturated rings. The Morgan fingerprint density at radius 2 is 1.78 bits per heavy atom. The molecular formula is C27H26N4O5. The first-order valence-electron chi connectivity index (χ1n) is 11.3. The van der Waals surface area contributed by atoms with Crippen LogP contribution in [0.3, 0.4) is 0 Å². The Bertz CT molecular complexity index is 1440. The molecule has 0 atom stereocenters. The molecule has 1 aromatic heterocycles. The van der Waals surface area contributed by atoms with Crippen molar-refractivity contribution in [3.05, 3.63) is 77.4 Å². The van der Waals surface area contributed by atoms with Gasteiger partial charge in [-0.05, 0) is 43.3 Å². The first-order valence-corrected chi connectivity index (χ1v) is 11.3. The number of aliphatic hydroxyl groups is 1. The van der Waals surface area contributed by atoms with E-state index in [2.05, 4.69) is 20.6 Å². The van der Waals surface area contributed by atoms with Crippen LogP contribution in [0.15, 0.2) is 60.7 Å². The lowest BCUT2D eigenvalue weighted by atomic mass is 10.0. The van der Waals surface area contributed by atoms with Crippen molar-refractivity contribution in [3.63, 3.8) is 0 Å². The lowest BCUT2D eigenvalue weighted by molar-refractivity contribution is 0.0526. The van der Waals surface area contributed by atoms with E-state index in [1.54, 1.807) is 56.4 Å². The molecule has 0 saturated carbocycles. The molecule has 0 aliphatic carbocycles. The van der Waals surface area contributed by atoms with E-state index >= 15 is 0 Å². The number of fused-ring (bicyclic) bond motifs is 1. The van der Waals surface area contributed by atoms with Crippen LogP contribution < -0.4 is 15.4 Å². The molecule has 4 rings (SSSR count). The maximum Gasteiger partial charge on any atom is 0.338 e. The monoisotopic (exact) mass is 486 g/mol. The van der Waals surface area contributed by atoms with Crippen molar-refractivity contribution >= 4 is 34.4 Å². The van der Waals surface area contributed by atoms with E-state index in [9.17, 15) is 14.7 Å². The topological polar surface area (TPSA) is 123 Å². The van der Waals surface area contributed by atoms with Gasteiger partial charge in [-0.2, -0.15) is 0 Å². The van der Waals surface area contributed by atoms with Crippen LogP contribution in [-0.4, -0.2) is 47.7 Å². The first kappa shape index (κ1) is 24.6. The van der Waals surface area contributed by atoms with Crippen LogP contribution in [0.1, 0.15) is 33.2 Å². The van der Waals surface area contributed by atoms with Crippen LogP contribution in [0, 0.1) is 0 Å². The number of methoxy groups -OCH3 is 1. The molecule has 0 aliphatic rings. The minimum absolute atomic E-state index is 0.201. The molecule has 36 heavy (non-hydrogen) atoms. The summed E-state index contributed by atoms with van der Waals surface area (Å²) in [4.78, 5) is 34.1. The van der Waals surface area contributed by atoms with Crippen molar-refractivity contribution in [2.24, 2.45) is 0 Å². The highest BCUT2D eigenvalue weighted by Crippen LogP contribution is 2.33. The molecule has 1 heterocycles. The second kappa shape index (κ2) is 10.8. The minimum Gasteiger partial charge on any atom is -0.496 e. The number of anilines is 2. The number of hydrogen-bond donors (Lipinski definition) is 3. The highest BCUT2D eigenvalue weighted by atomic mass is 16.5. The summed E-state index contributed by atoms with van der Waals surface area (Å²) in [6.45, 7) is 1.78. The number of benzene rings is 3. The molecule has 3 aromatic carbocycles. The fourth-order valence-electron chi connectivity index (χ4n) is 3.80. The molecule has 3 N–H and O–H groups in total. The van der Waals surface area contributed by atoms with Crippen LogP contribution in [0.2, 0.25) is 0 Å². The molecule has 0 spiro atoms. The van der Waals surface area contributed by atoms with Crippen molar-refractivity contribution in [2.75, 3.05) is 31.4 Å². The first-order chi connectivity index (χ1) is 17.5. The van der Waals surface area contributed by atoms with Crippen molar-refractivity contribution in [1.29, 1.82) is 0 Å². The van der Waals surface area contributed by atoms with E-state index in [1.165, 1.54) is 13.2 Å². The molecule has 0 unspecified atom stereocenters. The summed E-state index contributed by atoms with van der Waals surface area (Å²) < 4.78 is 10.4. The standard InChI is InChI=1S/C27H26N4O5/c1-4-36-26(34)18-9-5-8-17(11-18)25(33)29-20-10-6-7-16(12-20)24-21-13-19(15-32)23(35-3)14-22(21)30-27(28-2)31-24/h5-14,32H,4,15H2,1-3H3,(H,29,33)(H,28,30,31). The Morgan fingerprint density at radius 3 is 2.50 bits per heavy atom. The summed E-state index contributed by atoms with van der Waals surface area (Å²) in [6, 6.07) is 17.2. The van der Waals surface area contributed by atoms with Crippen LogP contribution in [0.25, 0.3) is 22.2 Å². The van der Waals surface area contributed by atoms with Crippen molar-refractivity contribution in [1.82, 2.24) is 9.97 Å². The van der Waals surface area contributed by atoms with E-state index in [0.717, 1.165) is 10.9 Å². The molecule has 4 aromatic rings. The summed E-state index contributed by atoms with van der Waals surface area (Å²) in [5, 5.41) is 16.4. The highest BCUT2D eigenvalue weighted by Gasteiger charge is 2.15. The van der Waals surface area contributed by atoms with Crippen LogP contribution in [0.5, 0.6) is 5.75 Å². The zero-order valence-corrected chi connectivity index (χ0v) is 20.2. The van der Waals surface area contributed by atoms with E-state index in [-0.39, 0.29) is 19.1 Å². The molecule has 184 valence electrons. The fraction of sp³-hybridized carbons (Fsp3) is 0.185. The van der Waals surface area contributed by atoms with Gasteiger partial charge >= 0.3 is 5.97 Å². The van der Waals surface area contributed by atoms with E-state index in [1.807, 2.05) is 12.1 Å². The van der Waals surface area contributed by atoms with E-state index in [4.69, 9.17) is 9.47 Å². The van der Waals surface area contributed by atoms with Gasteiger partial charge < -0.3 is 25.2 Å². The van der Waals surface area contributed by atoms with Crippen LogP contribution >= 0.6 is 0 Å². The van der Waals surface area contributed by atoms with Gasteiger partial charge in [-0.1, -0.05) is 18.2 Å². The number of aromatic nitrogens is 2. The van der Waals surface area contributed by atoms with Crippen LogP contribution in [-0.2, 0) is 11.3 Å². The molecule has 0 radical (unpaired) electrons. The van der Waals surface area contributed by atoms with Crippen LogP contribution in [0.4, 0.5) is 11.6 Å². The third-order valence-electron chi connectivity index (χ3n) is 5.52. The predicted octanol–water partition coefficient (Wildman–Crippen LogP) is 4.27. The van der Waals surface area contributed by atoms with Gasteiger partial charge in [0.25, 0.3) is 5.91 Å². The summed E-state index contributed by atoms with van der Waals surface area (Å²) in [6.07, 6.45) is 0. The highest BCUT2D eigenvalue weighted by molar-refractivity contribution is 6.06. The van der Waals surface area contributed by atoms with Gasteiger partial charge in [0.2, 0.25) is 5.95 Å². The lowest BCUT2D eigenvalue weighted by Crippen LogP contribution is -2.13. The minimum atomic E-state index is -0.482. The SMILES string of the molecule is CCOC(=O)c1cccc(C(=O)Nc2cccc(-c3nc(NC)nc4cc(OC)c(CO)cc34)c2)c1. The average molecular weight is 487 g/mol. The number of hydrogen-bond acceptors (Lipinski definition) is 8. The number of esters is 1. The number of carbonyl (C=O) groups is 2. The smallest absolute Gasteiger partial charge is 0.338 e. The Balaban J connectivity index is 1.70. The van der Waals surface area contributed by atoms with Crippen molar-refractivity contribution < 1.29 is 24.2 Å². The van der Waals surface area contributed by atoms with E-state index in [0.29, 0.717) is 45.3 Å². The number of rotatable bonds is 8. The Hall–Kier alpha value is -4.50. The Morgan fingerprint density at radius 1 is 1.00 bits per heavy atom. The summed E-state index contributed by atoms with van der Waals surface area (Å²) in [5.74, 6) is 0.0994. The predicted molar refractivity (Wildman–Crippen MR) is 137 cm³/mol. The number of amides is 1. The number of ether oxygens (including phenoxy) is 2. The lowest BCUT2D eigenvalue weighted by Gasteiger charge is -2.13. The summed E-state index contributed by atoms with van der Waals surface area (Å²) in [7, 11) is 3.27. The number of aliphatic hydroxyl groups excluding tert-OH is 1. The van der Waals surface area contributed by atoms with Gasteiger partial charge in [-0.15, -0.1) is 0 Å². The molecule has 0 aliphatic heterocycles. The average Bonchev–Trinajstić information content (AvgIpc) is 2.91.